The lowest BCUT2D eigenvalue weighted by Gasteiger charge is -2.34. The van der Waals surface area contributed by atoms with Crippen LogP contribution in [0.3, 0.4) is 0 Å². The van der Waals surface area contributed by atoms with E-state index in [1.54, 1.807) is 24.3 Å². The van der Waals surface area contributed by atoms with E-state index in [-0.39, 0.29) is 23.8 Å². The van der Waals surface area contributed by atoms with Gasteiger partial charge in [0, 0.05) is 31.9 Å². The number of aromatic nitrogens is 3. The van der Waals surface area contributed by atoms with Crippen LogP contribution in [0.4, 0.5) is 13.2 Å². The molecule has 3 unspecified atom stereocenters. The largest absolute Gasteiger partial charge is 0.490 e. The number of pyridine rings is 1. The van der Waals surface area contributed by atoms with E-state index in [4.69, 9.17) is 9.90 Å². The van der Waals surface area contributed by atoms with Crippen LogP contribution in [0, 0.1) is 11.8 Å². The third-order valence-corrected chi connectivity index (χ3v) is 5.82. The molecule has 3 heterocycles. The van der Waals surface area contributed by atoms with Crippen LogP contribution in [-0.4, -0.2) is 67.2 Å². The first-order valence-corrected chi connectivity index (χ1v) is 10.7. The molecule has 4 rings (SSSR count). The van der Waals surface area contributed by atoms with Gasteiger partial charge in [-0.2, -0.15) is 18.3 Å². The van der Waals surface area contributed by atoms with Crippen LogP contribution < -0.4 is 0 Å². The lowest BCUT2D eigenvalue weighted by molar-refractivity contribution is -0.192. The lowest BCUT2D eigenvalue weighted by atomic mass is 10.1. The Bertz CT molecular complexity index is 1030. The van der Waals surface area contributed by atoms with Crippen LogP contribution in [0.25, 0.3) is 0 Å². The van der Waals surface area contributed by atoms with Gasteiger partial charge in [-0.3, -0.25) is 19.3 Å². The van der Waals surface area contributed by atoms with E-state index in [1.165, 1.54) is 0 Å². The predicted molar refractivity (Wildman–Crippen MR) is 113 cm³/mol. The lowest BCUT2D eigenvalue weighted by Crippen LogP contribution is -2.43. The summed E-state index contributed by atoms with van der Waals surface area (Å²) in [5, 5.41) is 11.5. The van der Waals surface area contributed by atoms with Gasteiger partial charge in [-0.25, -0.2) is 4.79 Å². The van der Waals surface area contributed by atoms with Gasteiger partial charge in [0.1, 0.15) is 0 Å². The number of carboxylic acid groups (broad SMARTS) is 1. The van der Waals surface area contributed by atoms with E-state index < -0.39 is 12.1 Å². The summed E-state index contributed by atoms with van der Waals surface area (Å²) in [5.74, 6) is -1.88. The summed E-state index contributed by atoms with van der Waals surface area (Å²) in [6, 6.07) is 7.50. The minimum Gasteiger partial charge on any atom is -0.475 e. The van der Waals surface area contributed by atoms with Gasteiger partial charge in [0.15, 0.2) is 0 Å². The third-order valence-electron chi connectivity index (χ3n) is 5.82. The molecule has 1 N–H and O–H groups in total. The number of carboxylic acids is 1. The normalized spacial score (nSPS) is 21.1. The molecule has 1 aliphatic carbocycles. The molecule has 0 spiro atoms. The fraction of sp³-hybridized carbons (Fsp3) is 0.500. The van der Waals surface area contributed by atoms with Crippen molar-refractivity contribution in [2.24, 2.45) is 11.8 Å². The number of aliphatic carboxylic acids is 1. The van der Waals surface area contributed by atoms with E-state index in [0.717, 1.165) is 17.8 Å². The number of alkyl halides is 3. The maximum Gasteiger partial charge on any atom is 0.490 e. The monoisotopic (exact) mass is 481 g/mol. The van der Waals surface area contributed by atoms with Crippen molar-refractivity contribution in [3.8, 4) is 0 Å². The minimum atomic E-state index is -5.08. The van der Waals surface area contributed by atoms with E-state index in [1.807, 2.05) is 33.8 Å². The van der Waals surface area contributed by atoms with Crippen molar-refractivity contribution in [3.05, 3.63) is 48.0 Å². The van der Waals surface area contributed by atoms with Crippen LogP contribution >= 0.6 is 0 Å². The molecule has 2 amide bonds. The Morgan fingerprint density at radius 2 is 1.88 bits per heavy atom. The predicted octanol–water partition coefficient (Wildman–Crippen LogP) is 2.50. The van der Waals surface area contributed by atoms with Gasteiger partial charge in [0.2, 0.25) is 11.8 Å². The summed E-state index contributed by atoms with van der Waals surface area (Å²) >= 11 is 0. The van der Waals surface area contributed by atoms with Crippen molar-refractivity contribution < 1.29 is 32.7 Å². The van der Waals surface area contributed by atoms with Crippen LogP contribution in [0.1, 0.15) is 37.2 Å². The second kappa shape index (κ2) is 10.2. The number of amides is 2. The fourth-order valence-electron chi connectivity index (χ4n) is 3.79. The summed E-state index contributed by atoms with van der Waals surface area (Å²) < 4.78 is 33.6. The van der Waals surface area contributed by atoms with Gasteiger partial charge < -0.3 is 14.9 Å². The molecule has 9 nitrogen and oxygen atoms in total. The van der Waals surface area contributed by atoms with Gasteiger partial charge >= 0.3 is 12.1 Å². The Balaban J connectivity index is 0.000000406. The summed E-state index contributed by atoms with van der Waals surface area (Å²) in [4.78, 5) is 42.2. The molecule has 12 heteroatoms. The highest BCUT2D eigenvalue weighted by Crippen LogP contribution is 2.40. The summed E-state index contributed by atoms with van der Waals surface area (Å²) in [6.45, 7) is 3.71. The molecule has 34 heavy (non-hydrogen) atoms. The van der Waals surface area contributed by atoms with Gasteiger partial charge in [0.25, 0.3) is 0 Å². The molecule has 0 saturated heterocycles. The molecule has 1 aliphatic heterocycles. The molecule has 0 aromatic carbocycles. The molecule has 0 bridgehead atoms. The topological polar surface area (TPSA) is 109 Å². The first kappa shape index (κ1) is 25.2. The number of carbonyl (C=O) groups is 3. The molecule has 3 atom stereocenters. The van der Waals surface area contributed by atoms with Gasteiger partial charge in [-0.15, -0.1) is 0 Å². The summed E-state index contributed by atoms with van der Waals surface area (Å²) in [7, 11) is 1.79. The zero-order valence-corrected chi connectivity index (χ0v) is 18.8. The average Bonchev–Trinajstić information content (AvgIpc) is 3.31. The Labute approximate surface area is 194 Å². The molecule has 184 valence electrons. The fourth-order valence-corrected chi connectivity index (χ4v) is 3.79. The van der Waals surface area contributed by atoms with Gasteiger partial charge in [0.05, 0.1) is 36.9 Å². The number of halogens is 3. The van der Waals surface area contributed by atoms with Crippen molar-refractivity contribution >= 4 is 17.8 Å². The van der Waals surface area contributed by atoms with Gasteiger partial charge in [-0.1, -0.05) is 13.0 Å². The second-order valence-corrected chi connectivity index (χ2v) is 8.54. The van der Waals surface area contributed by atoms with Crippen LogP contribution in [-0.2, 0) is 27.5 Å². The van der Waals surface area contributed by atoms with Crippen molar-refractivity contribution in [1.82, 2.24) is 24.6 Å². The van der Waals surface area contributed by atoms with E-state index >= 15 is 0 Å². The second-order valence-electron chi connectivity index (χ2n) is 8.54. The smallest absolute Gasteiger partial charge is 0.475 e. The summed E-state index contributed by atoms with van der Waals surface area (Å²) in [6.07, 6.45) is -0.307. The molecule has 2 aromatic heterocycles. The highest BCUT2D eigenvalue weighted by Gasteiger charge is 2.43. The summed E-state index contributed by atoms with van der Waals surface area (Å²) in [5.41, 5.74) is 1.85. The molecule has 1 fully saturated rings. The Kier molecular flexibility index (Phi) is 7.57. The van der Waals surface area contributed by atoms with Crippen molar-refractivity contribution in [1.29, 1.82) is 0 Å². The minimum absolute atomic E-state index is 0.0289. The van der Waals surface area contributed by atoms with Crippen molar-refractivity contribution in [2.45, 2.75) is 45.1 Å². The van der Waals surface area contributed by atoms with E-state index in [9.17, 15) is 22.8 Å². The highest BCUT2D eigenvalue weighted by atomic mass is 19.4. The zero-order chi connectivity index (χ0) is 25.0. The van der Waals surface area contributed by atoms with Crippen LogP contribution in [0.2, 0.25) is 0 Å². The molecule has 2 aromatic rings. The van der Waals surface area contributed by atoms with Crippen molar-refractivity contribution in [3.63, 3.8) is 0 Å². The maximum absolute atomic E-state index is 12.8. The van der Waals surface area contributed by atoms with Crippen molar-refractivity contribution in [2.75, 3.05) is 13.6 Å². The SMILES string of the molecule is CC1CC1C(=O)N1Cc2ccnn2C(CC(=O)N(C)Cc2ccccn2)C1.O=C(O)C(F)(F)F. The number of hydrogen-bond donors (Lipinski definition) is 1. The number of hydrogen-bond acceptors (Lipinski definition) is 5. The first-order valence-electron chi connectivity index (χ1n) is 10.7. The molecule has 1 saturated carbocycles. The first-order chi connectivity index (χ1) is 16.0. The standard InChI is InChI=1S/C20H25N5O2.C2HF3O2/c1-14-9-18(14)20(27)24-12-16-6-8-22-25(16)17(13-24)10-19(26)23(2)11-15-5-3-4-7-21-15;3-2(4,5)1(6)7/h3-8,14,17-18H,9-13H2,1-2H3;(H,6,7). The Morgan fingerprint density at radius 1 is 1.21 bits per heavy atom. The quantitative estimate of drug-likeness (QED) is 0.703. The Hall–Kier alpha value is -3.44. The molecular formula is C22H26F3N5O4. The molecular weight excluding hydrogens is 455 g/mol. The number of nitrogens with zero attached hydrogens (tertiary/aromatic N) is 5. The van der Waals surface area contributed by atoms with E-state index in [2.05, 4.69) is 17.0 Å². The number of fused-ring (bicyclic) bond motifs is 1. The van der Waals surface area contributed by atoms with E-state index in [0.29, 0.717) is 32.0 Å². The number of rotatable bonds is 5. The zero-order valence-electron chi connectivity index (χ0n) is 18.8. The van der Waals surface area contributed by atoms with Crippen LogP contribution in [0.15, 0.2) is 36.7 Å². The van der Waals surface area contributed by atoms with Gasteiger partial charge in [-0.05, 0) is 30.5 Å². The van der Waals surface area contributed by atoms with Crippen LogP contribution in [0.5, 0.6) is 0 Å². The average molecular weight is 481 g/mol. The maximum atomic E-state index is 12.8. The molecule has 0 radical (unpaired) electrons. The number of carbonyl (C=O) groups excluding carboxylic acids is 2. The molecule has 2 aliphatic rings. The third kappa shape index (κ3) is 6.33. The highest BCUT2D eigenvalue weighted by molar-refractivity contribution is 5.82. The Morgan fingerprint density at radius 3 is 2.44 bits per heavy atom.